The van der Waals surface area contributed by atoms with Gasteiger partial charge >= 0.3 is 0 Å². The molecule has 0 atom stereocenters. The first-order chi connectivity index (χ1) is 11.2. The molecule has 3 aromatic carbocycles. The van der Waals surface area contributed by atoms with Gasteiger partial charge in [0.2, 0.25) is 0 Å². The summed E-state index contributed by atoms with van der Waals surface area (Å²) in [5.74, 6) is 0.685. The first-order valence-electron chi connectivity index (χ1n) is 7.39. The minimum atomic E-state index is -0.0492. The summed E-state index contributed by atoms with van der Waals surface area (Å²) in [6.45, 7) is 0.503. The first-order valence-corrected chi connectivity index (χ1v) is 7.39. The average molecular weight is 303 g/mol. The van der Waals surface area contributed by atoms with Crippen LogP contribution in [-0.4, -0.2) is 5.78 Å². The van der Waals surface area contributed by atoms with Gasteiger partial charge < -0.3 is 10.5 Å². The Labute approximate surface area is 135 Å². The van der Waals surface area contributed by atoms with E-state index < -0.39 is 0 Å². The summed E-state index contributed by atoms with van der Waals surface area (Å²) in [5, 5.41) is 0. The van der Waals surface area contributed by atoms with Gasteiger partial charge in [0.15, 0.2) is 5.78 Å². The smallest absolute Gasteiger partial charge is 0.193 e. The number of carbonyl (C=O) groups is 1. The van der Waals surface area contributed by atoms with E-state index in [4.69, 9.17) is 10.5 Å². The van der Waals surface area contributed by atoms with Gasteiger partial charge in [0.1, 0.15) is 12.4 Å². The van der Waals surface area contributed by atoms with Gasteiger partial charge in [-0.05, 0) is 42.0 Å². The van der Waals surface area contributed by atoms with Crippen LogP contribution in [0.4, 0.5) is 5.69 Å². The molecule has 0 aliphatic rings. The Hall–Kier alpha value is -3.07. The Morgan fingerprint density at radius 1 is 0.826 bits per heavy atom. The molecule has 0 radical (unpaired) electrons. The number of ether oxygens (including phenoxy) is 1. The van der Waals surface area contributed by atoms with Crippen molar-refractivity contribution in [2.45, 2.75) is 6.61 Å². The quantitative estimate of drug-likeness (QED) is 0.571. The molecule has 23 heavy (non-hydrogen) atoms. The van der Waals surface area contributed by atoms with Crippen LogP contribution in [-0.2, 0) is 6.61 Å². The van der Waals surface area contributed by atoms with Gasteiger partial charge in [-0.25, -0.2) is 0 Å². The molecule has 3 rings (SSSR count). The summed E-state index contributed by atoms with van der Waals surface area (Å²) in [6.07, 6.45) is 0. The number of benzene rings is 3. The van der Waals surface area contributed by atoms with Crippen molar-refractivity contribution in [1.29, 1.82) is 0 Å². The molecule has 0 spiro atoms. The third kappa shape index (κ3) is 3.77. The van der Waals surface area contributed by atoms with Gasteiger partial charge in [-0.1, -0.05) is 42.5 Å². The van der Waals surface area contributed by atoms with Crippen LogP contribution in [0.5, 0.6) is 5.75 Å². The second-order valence-corrected chi connectivity index (χ2v) is 5.25. The Morgan fingerprint density at radius 3 is 2.26 bits per heavy atom. The van der Waals surface area contributed by atoms with Crippen molar-refractivity contribution in [1.82, 2.24) is 0 Å². The number of anilines is 1. The van der Waals surface area contributed by atoms with E-state index in [2.05, 4.69) is 0 Å². The second-order valence-electron chi connectivity index (χ2n) is 5.25. The van der Waals surface area contributed by atoms with Gasteiger partial charge in [0, 0.05) is 16.8 Å². The van der Waals surface area contributed by atoms with Crippen molar-refractivity contribution in [3.8, 4) is 5.75 Å². The van der Waals surface area contributed by atoms with Crippen LogP contribution in [0.2, 0.25) is 0 Å². The summed E-state index contributed by atoms with van der Waals surface area (Å²) in [6, 6.07) is 24.1. The van der Waals surface area contributed by atoms with Crippen LogP contribution in [0.3, 0.4) is 0 Å². The third-order valence-corrected chi connectivity index (χ3v) is 3.51. The van der Waals surface area contributed by atoms with Gasteiger partial charge in [-0.3, -0.25) is 4.79 Å². The van der Waals surface area contributed by atoms with Gasteiger partial charge in [0.05, 0.1) is 0 Å². The number of carbonyl (C=O) groups excluding carboxylic acids is 1. The normalized spacial score (nSPS) is 10.3. The van der Waals surface area contributed by atoms with E-state index in [1.54, 1.807) is 36.4 Å². The van der Waals surface area contributed by atoms with Crippen LogP contribution in [0.25, 0.3) is 0 Å². The van der Waals surface area contributed by atoms with Crippen LogP contribution in [0, 0.1) is 0 Å². The Balaban J connectivity index is 1.68. The largest absolute Gasteiger partial charge is 0.489 e. The maximum atomic E-state index is 12.4. The molecule has 0 fully saturated rings. The van der Waals surface area contributed by atoms with Gasteiger partial charge in [-0.2, -0.15) is 0 Å². The monoisotopic (exact) mass is 303 g/mol. The van der Waals surface area contributed by atoms with E-state index in [-0.39, 0.29) is 5.78 Å². The fourth-order valence-corrected chi connectivity index (χ4v) is 2.29. The van der Waals surface area contributed by atoms with Gasteiger partial charge in [0.25, 0.3) is 0 Å². The number of hydrogen-bond acceptors (Lipinski definition) is 3. The van der Waals surface area contributed by atoms with E-state index in [1.165, 1.54) is 0 Å². The summed E-state index contributed by atoms with van der Waals surface area (Å²) in [5.41, 5.74) is 8.61. The summed E-state index contributed by atoms with van der Waals surface area (Å²) in [4.78, 5) is 12.4. The van der Waals surface area contributed by atoms with Gasteiger partial charge in [-0.15, -0.1) is 0 Å². The van der Waals surface area contributed by atoms with E-state index in [1.807, 2.05) is 42.5 Å². The summed E-state index contributed by atoms with van der Waals surface area (Å²) in [7, 11) is 0. The Kier molecular flexibility index (Phi) is 4.39. The van der Waals surface area contributed by atoms with E-state index in [0.29, 0.717) is 23.4 Å². The first kappa shape index (κ1) is 14.9. The molecule has 3 nitrogen and oxygen atoms in total. The van der Waals surface area contributed by atoms with Crippen LogP contribution < -0.4 is 10.5 Å². The van der Waals surface area contributed by atoms with E-state index in [0.717, 1.165) is 11.3 Å². The molecule has 3 heteroatoms. The Morgan fingerprint density at radius 2 is 1.57 bits per heavy atom. The lowest BCUT2D eigenvalue weighted by Crippen LogP contribution is -2.02. The molecule has 2 N–H and O–H groups in total. The van der Waals surface area contributed by atoms with Crippen LogP contribution >= 0.6 is 0 Å². The maximum Gasteiger partial charge on any atom is 0.193 e. The fraction of sp³-hybridized carbons (Fsp3) is 0.0500. The number of hydrogen-bond donors (Lipinski definition) is 1. The molecule has 0 unspecified atom stereocenters. The highest BCUT2D eigenvalue weighted by Gasteiger charge is 2.09. The minimum Gasteiger partial charge on any atom is -0.489 e. The third-order valence-electron chi connectivity index (χ3n) is 3.51. The van der Waals surface area contributed by atoms with E-state index >= 15 is 0 Å². The molecule has 0 aromatic heterocycles. The highest BCUT2D eigenvalue weighted by atomic mass is 16.5. The number of nitrogens with two attached hydrogens (primary N) is 1. The van der Waals surface area contributed by atoms with E-state index in [9.17, 15) is 4.79 Å². The summed E-state index contributed by atoms with van der Waals surface area (Å²) >= 11 is 0. The van der Waals surface area contributed by atoms with Crippen molar-refractivity contribution in [2.24, 2.45) is 0 Å². The summed E-state index contributed by atoms with van der Waals surface area (Å²) < 4.78 is 5.72. The lowest BCUT2D eigenvalue weighted by atomic mass is 10.0. The standard InChI is InChI=1S/C20H17NO2/c21-18-8-4-7-17(13-18)20(22)16-9-11-19(12-10-16)23-14-15-5-2-1-3-6-15/h1-13H,14,21H2. The van der Waals surface area contributed by atoms with Crippen LogP contribution in [0.1, 0.15) is 21.5 Å². The molecule has 0 bridgehead atoms. The minimum absolute atomic E-state index is 0.0492. The van der Waals surface area contributed by atoms with Crippen molar-refractivity contribution < 1.29 is 9.53 Å². The molecule has 0 aliphatic carbocycles. The molecule has 0 heterocycles. The lowest BCUT2D eigenvalue weighted by Gasteiger charge is -2.07. The number of rotatable bonds is 5. The average Bonchev–Trinajstić information content (AvgIpc) is 2.61. The molecule has 0 aliphatic heterocycles. The highest BCUT2D eigenvalue weighted by Crippen LogP contribution is 2.17. The van der Waals surface area contributed by atoms with Crippen LogP contribution in [0.15, 0.2) is 78.9 Å². The molecular formula is C20H17NO2. The maximum absolute atomic E-state index is 12.4. The zero-order valence-electron chi connectivity index (χ0n) is 12.6. The Bertz CT molecular complexity index is 795. The van der Waals surface area contributed by atoms with Crippen molar-refractivity contribution >= 4 is 11.5 Å². The second kappa shape index (κ2) is 6.79. The van der Waals surface area contributed by atoms with Crippen molar-refractivity contribution in [3.63, 3.8) is 0 Å². The van der Waals surface area contributed by atoms with Crippen molar-refractivity contribution in [3.05, 3.63) is 95.6 Å². The molecule has 0 saturated heterocycles. The number of nitrogen functional groups attached to an aromatic ring is 1. The lowest BCUT2D eigenvalue weighted by molar-refractivity contribution is 0.103. The SMILES string of the molecule is Nc1cccc(C(=O)c2ccc(OCc3ccccc3)cc2)c1. The zero-order chi connectivity index (χ0) is 16.1. The highest BCUT2D eigenvalue weighted by molar-refractivity contribution is 6.09. The van der Waals surface area contributed by atoms with Crippen molar-refractivity contribution in [2.75, 3.05) is 5.73 Å². The predicted molar refractivity (Wildman–Crippen MR) is 91.5 cm³/mol. The molecular weight excluding hydrogens is 286 g/mol. The molecule has 0 amide bonds. The topological polar surface area (TPSA) is 52.3 Å². The molecule has 114 valence electrons. The number of ketones is 1. The zero-order valence-corrected chi connectivity index (χ0v) is 12.6. The predicted octanol–water partition coefficient (Wildman–Crippen LogP) is 4.08. The molecule has 0 saturated carbocycles. The fourth-order valence-electron chi connectivity index (χ4n) is 2.29. The molecule has 3 aromatic rings.